The number of rotatable bonds is 9. The van der Waals surface area contributed by atoms with Crippen LogP contribution in [-0.2, 0) is 22.7 Å². The zero-order chi connectivity index (χ0) is 23.3. The molecule has 0 unspecified atom stereocenters. The molecule has 1 aliphatic carbocycles. The van der Waals surface area contributed by atoms with Gasteiger partial charge in [0.05, 0.1) is 38.3 Å². The minimum atomic E-state index is -1.24. The van der Waals surface area contributed by atoms with Crippen molar-refractivity contribution in [1.82, 2.24) is 19.5 Å². The van der Waals surface area contributed by atoms with E-state index >= 15 is 4.39 Å². The molecule has 2 aromatic heterocycles. The molecular formula is C26H26FN5O2. The van der Waals surface area contributed by atoms with E-state index in [-0.39, 0.29) is 12.4 Å². The Bertz CT molecular complexity index is 1250. The highest BCUT2D eigenvalue weighted by molar-refractivity contribution is 5.81. The third-order valence-corrected chi connectivity index (χ3v) is 6.06. The zero-order valence-corrected chi connectivity index (χ0v) is 18.6. The lowest BCUT2D eigenvalue weighted by molar-refractivity contribution is -0.0634. The molecule has 2 N–H and O–H groups in total. The summed E-state index contributed by atoms with van der Waals surface area (Å²) >= 11 is 0. The Morgan fingerprint density at radius 1 is 0.912 bits per heavy atom. The van der Waals surface area contributed by atoms with Crippen molar-refractivity contribution in [3.63, 3.8) is 0 Å². The molecule has 2 aromatic carbocycles. The van der Waals surface area contributed by atoms with E-state index in [1.54, 1.807) is 10.9 Å². The minimum absolute atomic E-state index is 0.268. The molecule has 0 saturated heterocycles. The van der Waals surface area contributed by atoms with E-state index in [9.17, 15) is 0 Å². The smallest absolute Gasteiger partial charge is 0.166 e. The molecule has 7 nitrogen and oxygen atoms in total. The van der Waals surface area contributed by atoms with E-state index in [2.05, 4.69) is 15.0 Å². The van der Waals surface area contributed by atoms with E-state index in [1.807, 2.05) is 72.8 Å². The Morgan fingerprint density at radius 2 is 1.62 bits per heavy atom. The third kappa shape index (κ3) is 4.69. The van der Waals surface area contributed by atoms with Crippen molar-refractivity contribution in [2.24, 2.45) is 5.92 Å². The predicted molar refractivity (Wildman–Crippen MR) is 127 cm³/mol. The molecule has 0 aliphatic heterocycles. The fourth-order valence-corrected chi connectivity index (χ4v) is 4.26. The highest BCUT2D eigenvalue weighted by atomic mass is 19.1. The van der Waals surface area contributed by atoms with Crippen LogP contribution in [0.25, 0.3) is 11.2 Å². The van der Waals surface area contributed by atoms with Gasteiger partial charge in [0.1, 0.15) is 18.0 Å². The van der Waals surface area contributed by atoms with Crippen LogP contribution in [0.2, 0.25) is 0 Å². The minimum Gasteiger partial charge on any atom is -0.382 e. The molecule has 0 radical (unpaired) electrons. The van der Waals surface area contributed by atoms with Crippen LogP contribution in [0.4, 0.5) is 10.2 Å². The van der Waals surface area contributed by atoms with Crippen molar-refractivity contribution in [3.8, 4) is 0 Å². The number of aromatic nitrogens is 4. The summed E-state index contributed by atoms with van der Waals surface area (Å²) in [5.74, 6) is -0.211. The van der Waals surface area contributed by atoms with Crippen molar-refractivity contribution in [2.75, 3.05) is 12.3 Å². The van der Waals surface area contributed by atoms with Crippen LogP contribution >= 0.6 is 0 Å². The van der Waals surface area contributed by atoms with Crippen LogP contribution in [0.1, 0.15) is 17.2 Å². The maximum atomic E-state index is 15.8. The maximum absolute atomic E-state index is 15.8. The van der Waals surface area contributed by atoms with Crippen molar-refractivity contribution in [3.05, 3.63) is 96.6 Å². The highest BCUT2D eigenvalue weighted by Gasteiger charge is 2.39. The van der Waals surface area contributed by atoms with Crippen molar-refractivity contribution >= 4 is 17.0 Å². The van der Waals surface area contributed by atoms with Crippen LogP contribution in [0.15, 0.2) is 85.5 Å². The Morgan fingerprint density at radius 3 is 2.35 bits per heavy atom. The molecule has 4 aromatic rings. The quantitative estimate of drug-likeness (QED) is 0.376. The third-order valence-electron chi connectivity index (χ3n) is 6.06. The number of ether oxygens (including phenoxy) is 2. The van der Waals surface area contributed by atoms with E-state index < -0.39 is 24.2 Å². The fourth-order valence-electron chi connectivity index (χ4n) is 4.26. The molecule has 0 spiro atoms. The fraction of sp³-hybridized carbons (Fsp3) is 0.269. The van der Waals surface area contributed by atoms with Crippen molar-refractivity contribution in [1.29, 1.82) is 0 Å². The molecule has 174 valence electrons. The number of alkyl halides is 1. The average molecular weight is 460 g/mol. The second-order valence-electron chi connectivity index (χ2n) is 8.32. The van der Waals surface area contributed by atoms with Gasteiger partial charge in [-0.05, 0) is 11.1 Å². The van der Waals surface area contributed by atoms with Gasteiger partial charge in [-0.15, -0.1) is 0 Å². The number of nitrogens with zero attached hydrogens (tertiary/aromatic N) is 4. The number of halogens is 1. The highest BCUT2D eigenvalue weighted by Crippen LogP contribution is 2.36. The number of hydrogen-bond acceptors (Lipinski definition) is 6. The summed E-state index contributed by atoms with van der Waals surface area (Å²) in [7, 11) is 0. The van der Waals surface area contributed by atoms with Crippen LogP contribution in [0.5, 0.6) is 0 Å². The normalized spacial score (nSPS) is 20.7. The summed E-state index contributed by atoms with van der Waals surface area (Å²) in [6, 6.07) is 19.2. The van der Waals surface area contributed by atoms with Gasteiger partial charge >= 0.3 is 0 Å². The Labute approximate surface area is 197 Å². The Hall–Kier alpha value is -3.62. The number of nitrogen functional groups attached to an aromatic ring is 1. The van der Waals surface area contributed by atoms with Gasteiger partial charge in [-0.1, -0.05) is 72.8 Å². The number of anilines is 1. The zero-order valence-electron chi connectivity index (χ0n) is 18.6. The van der Waals surface area contributed by atoms with E-state index in [0.29, 0.717) is 24.4 Å². The first-order valence-electron chi connectivity index (χ1n) is 11.2. The largest absolute Gasteiger partial charge is 0.382 e. The lowest BCUT2D eigenvalue weighted by Gasteiger charge is -2.27. The second-order valence-corrected chi connectivity index (χ2v) is 8.32. The van der Waals surface area contributed by atoms with Crippen molar-refractivity contribution in [2.45, 2.75) is 31.5 Å². The number of benzene rings is 2. The van der Waals surface area contributed by atoms with E-state index in [0.717, 1.165) is 11.1 Å². The van der Waals surface area contributed by atoms with Crippen LogP contribution in [0, 0.1) is 5.92 Å². The first-order chi connectivity index (χ1) is 16.7. The average Bonchev–Trinajstić information content (AvgIpc) is 3.47. The number of allylic oxidation sites excluding steroid dienone is 1. The number of hydrogen-bond donors (Lipinski definition) is 1. The van der Waals surface area contributed by atoms with Crippen LogP contribution in [0.3, 0.4) is 0 Å². The predicted octanol–water partition coefficient (Wildman–Crippen LogP) is 4.28. The number of fused-ring (bicyclic) bond motifs is 1. The van der Waals surface area contributed by atoms with Gasteiger partial charge in [-0.2, -0.15) is 0 Å². The maximum Gasteiger partial charge on any atom is 0.166 e. The van der Waals surface area contributed by atoms with Crippen LogP contribution < -0.4 is 5.73 Å². The summed E-state index contributed by atoms with van der Waals surface area (Å²) < 4.78 is 29.7. The van der Waals surface area contributed by atoms with Gasteiger partial charge in [0, 0.05) is 5.92 Å². The molecule has 5 rings (SSSR count). The summed E-state index contributed by atoms with van der Waals surface area (Å²) in [6.07, 6.45) is 4.93. The van der Waals surface area contributed by atoms with Gasteiger partial charge in [-0.3, -0.25) is 0 Å². The summed E-state index contributed by atoms with van der Waals surface area (Å²) in [5.41, 5.74) is 8.96. The molecule has 0 fully saturated rings. The molecular weight excluding hydrogens is 433 g/mol. The van der Waals surface area contributed by atoms with Gasteiger partial charge in [-0.25, -0.2) is 19.3 Å². The summed E-state index contributed by atoms with van der Waals surface area (Å²) in [5, 5.41) is 0. The second kappa shape index (κ2) is 10.1. The lowest BCUT2D eigenvalue weighted by atomic mass is 9.98. The van der Waals surface area contributed by atoms with Crippen molar-refractivity contribution < 1.29 is 13.9 Å². The molecule has 2 heterocycles. The number of imidazole rings is 1. The van der Waals surface area contributed by atoms with Gasteiger partial charge < -0.3 is 19.8 Å². The van der Waals surface area contributed by atoms with Gasteiger partial charge in [0.15, 0.2) is 11.5 Å². The van der Waals surface area contributed by atoms with Gasteiger partial charge in [0.25, 0.3) is 0 Å². The number of nitrogens with two attached hydrogens (primary N) is 1. The monoisotopic (exact) mass is 459 g/mol. The first kappa shape index (κ1) is 22.2. The standard InChI is InChI=1S/C26H26FN5O2/c27-23-20(11-12-21(23)32-17-31-24-25(28)29-16-30-26(24)32)22(34-14-19-9-5-2-6-10-19)15-33-13-18-7-3-1-4-8-18/h1-12,16-17,20-23H,13-15H2,(H2,28,29,30)/t20-,21+,22+,23-/m0/s1. The van der Waals surface area contributed by atoms with Crippen LogP contribution in [-0.4, -0.2) is 38.4 Å². The Balaban J connectivity index is 1.32. The Kier molecular flexibility index (Phi) is 6.60. The van der Waals surface area contributed by atoms with E-state index in [4.69, 9.17) is 15.2 Å². The molecule has 0 bridgehead atoms. The summed E-state index contributed by atoms with van der Waals surface area (Å²) in [6.45, 7) is 1.08. The summed E-state index contributed by atoms with van der Waals surface area (Å²) in [4.78, 5) is 12.5. The first-order valence-corrected chi connectivity index (χ1v) is 11.2. The molecule has 4 atom stereocenters. The topological polar surface area (TPSA) is 88.1 Å². The molecule has 0 amide bonds. The molecule has 34 heavy (non-hydrogen) atoms. The lowest BCUT2D eigenvalue weighted by Crippen LogP contribution is -2.34. The molecule has 1 aliphatic rings. The van der Waals surface area contributed by atoms with E-state index in [1.165, 1.54) is 6.33 Å². The molecule has 0 saturated carbocycles. The van der Waals surface area contributed by atoms with Gasteiger partial charge in [0.2, 0.25) is 0 Å². The SMILES string of the molecule is Nc1ncnc2c1ncn2[C@@H]1C=C[C@@H]([C@@H](COCc2ccccc2)OCc2ccccc2)[C@@H]1F. The molecule has 8 heteroatoms.